The van der Waals surface area contributed by atoms with Gasteiger partial charge in [-0.2, -0.15) is 0 Å². The molecule has 2 atom stereocenters. The van der Waals surface area contributed by atoms with Crippen LogP contribution in [-0.4, -0.2) is 47.6 Å². The first kappa shape index (κ1) is 15.0. The summed E-state index contributed by atoms with van der Waals surface area (Å²) in [4.78, 5) is 25.5. The summed E-state index contributed by atoms with van der Waals surface area (Å²) in [7, 11) is 0. The molecule has 1 aliphatic rings. The monoisotopic (exact) mass is 256 g/mol. The number of amides is 2. The van der Waals surface area contributed by atoms with Crippen molar-refractivity contribution in [1.29, 1.82) is 0 Å². The largest absolute Gasteiger partial charge is 0.392 e. The van der Waals surface area contributed by atoms with Crippen LogP contribution in [0.4, 0.5) is 0 Å². The molecule has 1 heterocycles. The lowest BCUT2D eigenvalue weighted by molar-refractivity contribution is -0.138. The summed E-state index contributed by atoms with van der Waals surface area (Å²) in [5.74, 6) is -0.107. The highest BCUT2D eigenvalue weighted by atomic mass is 16.3. The zero-order chi connectivity index (χ0) is 13.7. The molecule has 2 N–H and O–H groups in total. The van der Waals surface area contributed by atoms with Crippen LogP contribution in [0, 0.1) is 11.8 Å². The third kappa shape index (κ3) is 4.29. The molecule has 104 valence electrons. The lowest BCUT2D eigenvalue weighted by atomic mass is 9.96. The summed E-state index contributed by atoms with van der Waals surface area (Å²) in [6.45, 7) is 6.90. The number of hydrogen-bond acceptors (Lipinski definition) is 3. The minimum Gasteiger partial charge on any atom is -0.392 e. The van der Waals surface area contributed by atoms with Crippen LogP contribution in [0.3, 0.4) is 0 Å². The summed E-state index contributed by atoms with van der Waals surface area (Å²) in [6.07, 6.45) is 1.14. The van der Waals surface area contributed by atoms with Crippen molar-refractivity contribution >= 4 is 11.8 Å². The van der Waals surface area contributed by atoms with E-state index in [0.29, 0.717) is 6.54 Å². The molecule has 1 rings (SSSR count). The topological polar surface area (TPSA) is 69.6 Å². The van der Waals surface area contributed by atoms with Crippen molar-refractivity contribution in [1.82, 2.24) is 10.2 Å². The first-order valence-corrected chi connectivity index (χ1v) is 6.66. The van der Waals surface area contributed by atoms with Crippen molar-refractivity contribution in [3.63, 3.8) is 0 Å². The Morgan fingerprint density at radius 1 is 1.39 bits per heavy atom. The fraction of sp³-hybridized carbons (Fsp3) is 0.846. The molecule has 1 fully saturated rings. The van der Waals surface area contributed by atoms with Gasteiger partial charge in [-0.25, -0.2) is 0 Å². The van der Waals surface area contributed by atoms with E-state index in [1.54, 1.807) is 11.8 Å². The van der Waals surface area contributed by atoms with E-state index in [4.69, 9.17) is 5.11 Å². The SMILES string of the molecule is CC(C)C(=O)N1CCCC(C(=O)NC[C@@H](C)O)C1. The number of rotatable bonds is 4. The minimum absolute atomic E-state index is 0.0238. The second-order valence-electron chi connectivity index (χ2n) is 5.37. The molecule has 0 bridgehead atoms. The summed E-state index contributed by atoms with van der Waals surface area (Å²) in [5, 5.41) is 11.8. The maximum absolute atomic E-state index is 11.9. The van der Waals surface area contributed by atoms with E-state index < -0.39 is 6.10 Å². The number of nitrogens with zero attached hydrogens (tertiary/aromatic N) is 1. The van der Waals surface area contributed by atoms with Crippen molar-refractivity contribution in [2.45, 2.75) is 39.7 Å². The third-order valence-electron chi connectivity index (χ3n) is 3.17. The lowest BCUT2D eigenvalue weighted by Crippen LogP contribution is -2.47. The van der Waals surface area contributed by atoms with Gasteiger partial charge < -0.3 is 15.3 Å². The first-order valence-electron chi connectivity index (χ1n) is 6.66. The van der Waals surface area contributed by atoms with Gasteiger partial charge >= 0.3 is 0 Å². The van der Waals surface area contributed by atoms with Gasteiger partial charge in [0.25, 0.3) is 0 Å². The van der Waals surface area contributed by atoms with Gasteiger partial charge in [-0.15, -0.1) is 0 Å². The Labute approximate surface area is 109 Å². The fourth-order valence-corrected chi connectivity index (χ4v) is 2.15. The van der Waals surface area contributed by atoms with Crippen LogP contribution in [-0.2, 0) is 9.59 Å². The molecule has 1 aliphatic heterocycles. The maximum Gasteiger partial charge on any atom is 0.225 e. The molecular formula is C13H24N2O3. The summed E-state index contributed by atoms with van der Waals surface area (Å²) >= 11 is 0. The number of carbonyl (C=O) groups excluding carboxylic acids is 2. The Kier molecular flexibility index (Phi) is 5.59. The van der Waals surface area contributed by atoms with Crippen LogP contribution in [0.25, 0.3) is 0 Å². The Bertz CT molecular complexity index is 303. The number of hydrogen-bond donors (Lipinski definition) is 2. The Morgan fingerprint density at radius 3 is 2.61 bits per heavy atom. The minimum atomic E-state index is -0.536. The molecule has 5 nitrogen and oxygen atoms in total. The molecule has 0 radical (unpaired) electrons. The van der Waals surface area contributed by atoms with Gasteiger partial charge in [-0.1, -0.05) is 13.8 Å². The van der Waals surface area contributed by atoms with E-state index in [1.165, 1.54) is 0 Å². The molecule has 1 unspecified atom stereocenters. The molecule has 18 heavy (non-hydrogen) atoms. The van der Waals surface area contributed by atoms with Gasteiger partial charge in [0.1, 0.15) is 0 Å². The standard InChI is InChI=1S/C13H24N2O3/c1-9(2)13(18)15-6-4-5-11(8-15)12(17)14-7-10(3)16/h9-11,16H,4-8H2,1-3H3,(H,14,17)/t10-,11?/m1/s1. The fourth-order valence-electron chi connectivity index (χ4n) is 2.15. The smallest absolute Gasteiger partial charge is 0.225 e. The predicted molar refractivity (Wildman–Crippen MR) is 68.8 cm³/mol. The molecule has 0 aromatic carbocycles. The molecule has 0 aliphatic carbocycles. The van der Waals surface area contributed by atoms with Crippen LogP contribution in [0.5, 0.6) is 0 Å². The Balaban J connectivity index is 2.48. The molecule has 0 aromatic rings. The summed E-state index contributed by atoms with van der Waals surface area (Å²) in [5.41, 5.74) is 0. The van der Waals surface area contributed by atoms with E-state index in [2.05, 4.69) is 5.32 Å². The number of carbonyl (C=O) groups is 2. The average Bonchev–Trinajstić information content (AvgIpc) is 2.34. The highest BCUT2D eigenvalue weighted by Gasteiger charge is 2.29. The molecular weight excluding hydrogens is 232 g/mol. The van der Waals surface area contributed by atoms with Gasteiger partial charge in [0.15, 0.2) is 0 Å². The molecule has 1 saturated heterocycles. The van der Waals surface area contributed by atoms with E-state index in [-0.39, 0.29) is 30.2 Å². The highest BCUT2D eigenvalue weighted by Crippen LogP contribution is 2.18. The quantitative estimate of drug-likeness (QED) is 0.764. The van der Waals surface area contributed by atoms with Gasteiger partial charge in [0.05, 0.1) is 12.0 Å². The zero-order valence-corrected chi connectivity index (χ0v) is 11.5. The van der Waals surface area contributed by atoms with E-state index in [9.17, 15) is 9.59 Å². The van der Waals surface area contributed by atoms with Gasteiger partial charge in [-0.05, 0) is 19.8 Å². The molecule has 5 heteroatoms. The van der Waals surface area contributed by atoms with Crippen molar-refractivity contribution in [2.24, 2.45) is 11.8 Å². The number of aliphatic hydroxyl groups excluding tert-OH is 1. The van der Waals surface area contributed by atoms with Gasteiger partial charge in [-0.3, -0.25) is 9.59 Å². The number of nitrogens with one attached hydrogen (secondary N) is 1. The zero-order valence-electron chi connectivity index (χ0n) is 11.5. The Morgan fingerprint density at radius 2 is 2.06 bits per heavy atom. The molecule has 0 aromatic heterocycles. The van der Waals surface area contributed by atoms with Gasteiger partial charge in [0, 0.05) is 25.6 Å². The Hall–Kier alpha value is -1.10. The normalized spacial score (nSPS) is 21.8. The maximum atomic E-state index is 11.9. The van der Waals surface area contributed by atoms with Crippen molar-refractivity contribution in [2.75, 3.05) is 19.6 Å². The molecule has 2 amide bonds. The number of piperidine rings is 1. The van der Waals surface area contributed by atoms with Crippen molar-refractivity contribution in [3.05, 3.63) is 0 Å². The second kappa shape index (κ2) is 6.73. The second-order valence-corrected chi connectivity index (χ2v) is 5.37. The number of aliphatic hydroxyl groups is 1. The summed E-state index contributed by atoms with van der Waals surface area (Å²) < 4.78 is 0. The highest BCUT2D eigenvalue weighted by molar-refractivity contribution is 5.82. The first-order chi connectivity index (χ1) is 8.41. The van der Waals surface area contributed by atoms with E-state index in [0.717, 1.165) is 19.4 Å². The lowest BCUT2D eigenvalue weighted by Gasteiger charge is -2.33. The van der Waals surface area contributed by atoms with Crippen LogP contribution in [0.1, 0.15) is 33.6 Å². The van der Waals surface area contributed by atoms with Crippen LogP contribution in [0.15, 0.2) is 0 Å². The number of likely N-dealkylation sites (tertiary alicyclic amines) is 1. The van der Waals surface area contributed by atoms with E-state index >= 15 is 0 Å². The molecule has 0 saturated carbocycles. The van der Waals surface area contributed by atoms with Crippen LogP contribution >= 0.6 is 0 Å². The summed E-state index contributed by atoms with van der Waals surface area (Å²) in [6, 6.07) is 0. The average molecular weight is 256 g/mol. The third-order valence-corrected chi connectivity index (χ3v) is 3.17. The van der Waals surface area contributed by atoms with Gasteiger partial charge in [0.2, 0.25) is 11.8 Å². The van der Waals surface area contributed by atoms with Crippen LogP contribution < -0.4 is 5.32 Å². The van der Waals surface area contributed by atoms with Crippen molar-refractivity contribution < 1.29 is 14.7 Å². The van der Waals surface area contributed by atoms with Crippen LogP contribution in [0.2, 0.25) is 0 Å². The predicted octanol–water partition coefficient (Wildman–Crippen LogP) is 0.378. The molecule has 0 spiro atoms. The van der Waals surface area contributed by atoms with E-state index in [1.807, 2.05) is 13.8 Å². The van der Waals surface area contributed by atoms with Crippen molar-refractivity contribution in [3.8, 4) is 0 Å².